The maximum Gasteiger partial charge on any atom is 0.325 e. The molecule has 0 aromatic heterocycles. The third-order valence-corrected chi connectivity index (χ3v) is 3.57. The van der Waals surface area contributed by atoms with E-state index in [4.69, 9.17) is 10.5 Å². The Balaban J connectivity index is 2.22. The molecular formula is C13H25NO3. The minimum absolute atomic E-state index is 0.307. The lowest BCUT2D eigenvalue weighted by molar-refractivity contribution is -0.147. The number of nitrogens with two attached hydrogens (primary N) is 1. The molecule has 2 unspecified atom stereocenters. The van der Waals surface area contributed by atoms with Crippen LogP contribution in [0.3, 0.4) is 0 Å². The van der Waals surface area contributed by atoms with Gasteiger partial charge in [0.1, 0.15) is 6.04 Å². The van der Waals surface area contributed by atoms with Crippen molar-refractivity contribution in [2.45, 2.75) is 64.0 Å². The van der Waals surface area contributed by atoms with E-state index in [0.717, 1.165) is 6.42 Å². The molecule has 1 saturated carbocycles. The lowest BCUT2D eigenvalue weighted by atomic mass is 9.85. The second-order valence-electron chi connectivity index (χ2n) is 4.93. The Kier molecular flexibility index (Phi) is 6.52. The van der Waals surface area contributed by atoms with Crippen molar-refractivity contribution < 1.29 is 14.6 Å². The van der Waals surface area contributed by atoms with E-state index in [1.807, 2.05) is 0 Å². The Morgan fingerprint density at radius 3 is 2.65 bits per heavy atom. The number of esters is 1. The van der Waals surface area contributed by atoms with Gasteiger partial charge in [0.2, 0.25) is 0 Å². The number of hydrogen-bond donors (Lipinski definition) is 2. The van der Waals surface area contributed by atoms with Crippen molar-refractivity contribution in [2.24, 2.45) is 11.7 Å². The molecule has 3 N–H and O–H groups in total. The van der Waals surface area contributed by atoms with Gasteiger partial charge in [0, 0.05) is 0 Å². The maximum atomic E-state index is 11.3. The van der Waals surface area contributed by atoms with Gasteiger partial charge in [-0.3, -0.25) is 4.79 Å². The minimum Gasteiger partial charge on any atom is -0.465 e. The third-order valence-electron chi connectivity index (χ3n) is 3.57. The summed E-state index contributed by atoms with van der Waals surface area (Å²) >= 11 is 0. The van der Waals surface area contributed by atoms with Crippen molar-refractivity contribution in [3.8, 4) is 0 Å². The average Bonchev–Trinajstić information content (AvgIpc) is 2.36. The number of aliphatic hydroxyl groups excluding tert-OH is 1. The zero-order valence-electron chi connectivity index (χ0n) is 10.7. The topological polar surface area (TPSA) is 72.5 Å². The van der Waals surface area contributed by atoms with Gasteiger partial charge in [0.05, 0.1) is 12.7 Å². The molecule has 0 aliphatic heterocycles. The zero-order chi connectivity index (χ0) is 12.7. The fourth-order valence-corrected chi connectivity index (χ4v) is 2.46. The summed E-state index contributed by atoms with van der Waals surface area (Å²) in [4.78, 5) is 11.3. The predicted molar refractivity (Wildman–Crippen MR) is 66.4 cm³/mol. The predicted octanol–water partition coefficient (Wildman–Crippen LogP) is 1.60. The van der Waals surface area contributed by atoms with Gasteiger partial charge in [0.25, 0.3) is 0 Å². The quantitative estimate of drug-likeness (QED) is 0.695. The van der Waals surface area contributed by atoms with Gasteiger partial charge in [-0.25, -0.2) is 0 Å². The summed E-state index contributed by atoms with van der Waals surface area (Å²) in [6, 6.07) is -0.890. The molecular weight excluding hydrogens is 218 g/mol. The van der Waals surface area contributed by atoms with Crippen LogP contribution in [0.25, 0.3) is 0 Å². The number of carbonyl (C=O) groups is 1. The monoisotopic (exact) mass is 243 g/mol. The third kappa shape index (κ3) is 5.04. The van der Waals surface area contributed by atoms with Crippen LogP contribution in [0.2, 0.25) is 0 Å². The second kappa shape index (κ2) is 7.67. The fourth-order valence-electron chi connectivity index (χ4n) is 2.46. The maximum absolute atomic E-state index is 11.3. The van der Waals surface area contributed by atoms with E-state index in [1.165, 1.54) is 32.1 Å². The molecule has 1 rings (SSSR count). The highest BCUT2D eigenvalue weighted by molar-refractivity contribution is 5.76. The van der Waals surface area contributed by atoms with Crippen molar-refractivity contribution in [3.63, 3.8) is 0 Å². The molecule has 1 aliphatic carbocycles. The molecule has 0 amide bonds. The molecule has 100 valence electrons. The number of aliphatic hydroxyl groups is 1. The van der Waals surface area contributed by atoms with Crippen molar-refractivity contribution in [1.82, 2.24) is 0 Å². The van der Waals surface area contributed by atoms with Gasteiger partial charge in [-0.05, 0) is 25.7 Å². The van der Waals surface area contributed by atoms with Crippen molar-refractivity contribution in [3.05, 3.63) is 0 Å². The molecule has 0 radical (unpaired) electrons. The van der Waals surface area contributed by atoms with E-state index in [2.05, 4.69) is 0 Å². The van der Waals surface area contributed by atoms with Crippen LogP contribution in [-0.2, 0) is 9.53 Å². The van der Waals surface area contributed by atoms with E-state index in [9.17, 15) is 9.90 Å². The van der Waals surface area contributed by atoms with Gasteiger partial charge < -0.3 is 15.6 Å². The Morgan fingerprint density at radius 2 is 2.06 bits per heavy atom. The average molecular weight is 243 g/mol. The number of carbonyl (C=O) groups excluding carboxylic acids is 1. The van der Waals surface area contributed by atoms with E-state index in [1.54, 1.807) is 6.92 Å². The van der Waals surface area contributed by atoms with E-state index in [-0.39, 0.29) is 0 Å². The van der Waals surface area contributed by atoms with Crippen LogP contribution in [-0.4, -0.2) is 29.8 Å². The van der Waals surface area contributed by atoms with Crippen LogP contribution in [0.4, 0.5) is 0 Å². The Labute approximate surface area is 104 Å². The number of ether oxygens (including phenoxy) is 1. The van der Waals surface area contributed by atoms with Crippen LogP contribution in [0.5, 0.6) is 0 Å². The summed E-state index contributed by atoms with van der Waals surface area (Å²) in [6.07, 6.45) is 7.23. The lowest BCUT2D eigenvalue weighted by Gasteiger charge is -2.24. The van der Waals surface area contributed by atoms with E-state index >= 15 is 0 Å². The van der Waals surface area contributed by atoms with Gasteiger partial charge in [0.15, 0.2) is 0 Å². The van der Waals surface area contributed by atoms with E-state index in [0.29, 0.717) is 18.9 Å². The summed E-state index contributed by atoms with van der Waals surface area (Å²) < 4.78 is 4.79. The Bertz CT molecular complexity index is 227. The molecule has 0 aromatic rings. The van der Waals surface area contributed by atoms with Crippen LogP contribution in [0.1, 0.15) is 51.9 Å². The van der Waals surface area contributed by atoms with Crippen LogP contribution < -0.4 is 5.73 Å². The van der Waals surface area contributed by atoms with Gasteiger partial charge >= 0.3 is 5.97 Å². The SMILES string of the molecule is CCOC(=O)C(N)C(O)CCC1CCCCC1. The van der Waals surface area contributed by atoms with E-state index < -0.39 is 18.1 Å². The second-order valence-corrected chi connectivity index (χ2v) is 4.93. The first-order valence-corrected chi connectivity index (χ1v) is 6.75. The highest BCUT2D eigenvalue weighted by Gasteiger charge is 2.25. The van der Waals surface area contributed by atoms with Crippen molar-refractivity contribution in [2.75, 3.05) is 6.61 Å². The molecule has 0 spiro atoms. The smallest absolute Gasteiger partial charge is 0.325 e. The molecule has 2 atom stereocenters. The summed E-state index contributed by atoms with van der Waals surface area (Å²) in [7, 11) is 0. The molecule has 1 aliphatic rings. The first kappa shape index (κ1) is 14.5. The van der Waals surface area contributed by atoms with Crippen molar-refractivity contribution >= 4 is 5.97 Å². The summed E-state index contributed by atoms with van der Waals surface area (Å²) in [6.45, 7) is 2.04. The zero-order valence-corrected chi connectivity index (χ0v) is 10.7. The van der Waals surface area contributed by atoms with Gasteiger partial charge in [-0.2, -0.15) is 0 Å². The molecule has 0 saturated heterocycles. The molecule has 17 heavy (non-hydrogen) atoms. The van der Waals surface area contributed by atoms with Crippen molar-refractivity contribution in [1.29, 1.82) is 0 Å². The number of hydrogen-bond acceptors (Lipinski definition) is 4. The Hall–Kier alpha value is -0.610. The molecule has 4 heteroatoms. The molecule has 0 aromatic carbocycles. The van der Waals surface area contributed by atoms with Crippen LogP contribution in [0.15, 0.2) is 0 Å². The lowest BCUT2D eigenvalue weighted by Crippen LogP contribution is -2.43. The van der Waals surface area contributed by atoms with Gasteiger partial charge in [-0.1, -0.05) is 32.1 Å². The molecule has 1 fully saturated rings. The summed E-state index contributed by atoms with van der Waals surface area (Å²) in [5.74, 6) is 0.205. The molecule has 0 bridgehead atoms. The minimum atomic E-state index is -0.890. The number of rotatable bonds is 6. The first-order chi connectivity index (χ1) is 8.15. The van der Waals surface area contributed by atoms with Gasteiger partial charge in [-0.15, -0.1) is 0 Å². The summed E-state index contributed by atoms with van der Waals surface area (Å²) in [5, 5.41) is 9.82. The largest absolute Gasteiger partial charge is 0.465 e. The normalized spacial score (nSPS) is 20.9. The van der Waals surface area contributed by atoms with Crippen LogP contribution >= 0.6 is 0 Å². The highest BCUT2D eigenvalue weighted by atomic mass is 16.5. The summed E-state index contributed by atoms with van der Waals surface area (Å²) in [5.41, 5.74) is 5.64. The molecule has 4 nitrogen and oxygen atoms in total. The standard InChI is InChI=1S/C13H25NO3/c1-2-17-13(16)12(14)11(15)9-8-10-6-4-3-5-7-10/h10-12,15H,2-9,14H2,1H3. The Morgan fingerprint density at radius 1 is 1.41 bits per heavy atom. The highest BCUT2D eigenvalue weighted by Crippen LogP contribution is 2.27. The van der Waals surface area contributed by atoms with Crippen LogP contribution in [0, 0.1) is 5.92 Å². The molecule has 0 heterocycles. The first-order valence-electron chi connectivity index (χ1n) is 6.75. The fraction of sp³-hybridized carbons (Fsp3) is 0.923.